The van der Waals surface area contributed by atoms with Gasteiger partial charge in [0.05, 0.1) is 0 Å². The van der Waals surface area contributed by atoms with Gasteiger partial charge in [-0.1, -0.05) is 6.92 Å². The van der Waals surface area contributed by atoms with Gasteiger partial charge in [0.1, 0.15) is 0 Å². The molecule has 0 saturated carbocycles. The third-order valence-corrected chi connectivity index (χ3v) is 2.95. The van der Waals surface area contributed by atoms with Gasteiger partial charge in [-0.25, -0.2) is 0 Å². The Bertz CT molecular complexity index is 212. The maximum atomic E-state index is 5.43. The van der Waals surface area contributed by atoms with Crippen molar-refractivity contribution >= 4 is 17.3 Å². The van der Waals surface area contributed by atoms with Crippen LogP contribution < -0.4 is 5.32 Å². The summed E-state index contributed by atoms with van der Waals surface area (Å²) in [6, 6.07) is 0. The summed E-state index contributed by atoms with van der Waals surface area (Å²) in [5.41, 5.74) is 0. The summed E-state index contributed by atoms with van der Waals surface area (Å²) < 4.78 is 5.30. The Morgan fingerprint density at radius 1 is 1.17 bits per heavy atom. The monoisotopic (exact) mass is 275 g/mol. The van der Waals surface area contributed by atoms with Crippen LogP contribution in [0.15, 0.2) is 0 Å². The quantitative estimate of drug-likeness (QED) is 0.482. The maximum absolute atomic E-state index is 5.43. The van der Waals surface area contributed by atoms with Crippen LogP contribution in [0.3, 0.4) is 0 Å². The normalized spacial score (nSPS) is 10.7. The van der Waals surface area contributed by atoms with Crippen LogP contribution in [-0.4, -0.2) is 68.4 Å². The van der Waals surface area contributed by atoms with Crippen molar-refractivity contribution in [2.24, 2.45) is 0 Å². The first-order valence-corrected chi connectivity index (χ1v) is 7.27. The highest BCUT2D eigenvalue weighted by atomic mass is 32.1. The first-order chi connectivity index (χ1) is 8.61. The molecule has 0 fully saturated rings. The molecule has 0 aromatic heterocycles. The summed E-state index contributed by atoms with van der Waals surface area (Å²) in [5, 5.41) is 4.18. The number of nitrogens with zero attached hydrogens (tertiary/aromatic N) is 2. The Morgan fingerprint density at radius 2 is 1.89 bits per heavy atom. The molecule has 0 heterocycles. The Balaban J connectivity index is 3.83. The Kier molecular flexibility index (Phi) is 11.4. The molecule has 0 aliphatic rings. The lowest BCUT2D eigenvalue weighted by Gasteiger charge is -2.26. The van der Waals surface area contributed by atoms with Gasteiger partial charge < -0.3 is 19.9 Å². The van der Waals surface area contributed by atoms with E-state index in [1.54, 1.807) is 0 Å². The van der Waals surface area contributed by atoms with Crippen LogP contribution in [0.1, 0.15) is 26.7 Å². The van der Waals surface area contributed by atoms with Gasteiger partial charge >= 0.3 is 0 Å². The first-order valence-electron chi connectivity index (χ1n) is 6.87. The van der Waals surface area contributed by atoms with Crippen LogP contribution in [0.25, 0.3) is 0 Å². The number of nitrogens with one attached hydrogen (secondary N) is 1. The number of rotatable bonds is 10. The molecule has 0 aromatic carbocycles. The molecule has 0 radical (unpaired) electrons. The van der Waals surface area contributed by atoms with E-state index in [-0.39, 0.29) is 0 Å². The zero-order valence-electron chi connectivity index (χ0n) is 12.4. The van der Waals surface area contributed by atoms with Gasteiger partial charge in [-0.2, -0.15) is 0 Å². The van der Waals surface area contributed by atoms with Crippen molar-refractivity contribution in [3.8, 4) is 0 Å². The zero-order chi connectivity index (χ0) is 13.8. The van der Waals surface area contributed by atoms with Gasteiger partial charge in [0.15, 0.2) is 5.11 Å². The number of hydrogen-bond donors (Lipinski definition) is 1. The summed E-state index contributed by atoms with van der Waals surface area (Å²) in [5.74, 6) is 0. The fraction of sp³-hybridized carbons (Fsp3) is 0.923. The number of likely N-dealkylation sites (N-methyl/N-ethyl adjacent to an activating group) is 1. The molecular formula is C13H29N3OS. The number of ether oxygens (including phenoxy) is 1. The highest BCUT2D eigenvalue weighted by Gasteiger charge is 2.08. The third kappa shape index (κ3) is 9.62. The fourth-order valence-corrected chi connectivity index (χ4v) is 1.82. The summed E-state index contributed by atoms with van der Waals surface area (Å²) in [4.78, 5) is 4.43. The summed E-state index contributed by atoms with van der Waals surface area (Å²) in [6.45, 7) is 9.71. The highest BCUT2D eigenvalue weighted by Crippen LogP contribution is 1.94. The predicted octanol–water partition coefficient (Wildman–Crippen LogP) is 1.56. The first kappa shape index (κ1) is 17.6. The van der Waals surface area contributed by atoms with Gasteiger partial charge in [-0.15, -0.1) is 0 Å². The minimum atomic E-state index is 0.787. The molecule has 0 bridgehead atoms. The van der Waals surface area contributed by atoms with Crippen LogP contribution in [-0.2, 0) is 4.74 Å². The molecule has 0 rings (SSSR count). The highest BCUT2D eigenvalue weighted by molar-refractivity contribution is 7.80. The maximum Gasteiger partial charge on any atom is 0.168 e. The average Bonchev–Trinajstić information content (AvgIpc) is 2.33. The molecule has 0 saturated heterocycles. The van der Waals surface area contributed by atoms with Crippen molar-refractivity contribution in [2.75, 3.05) is 53.5 Å². The predicted molar refractivity (Wildman–Crippen MR) is 82.1 cm³/mol. The molecule has 0 amide bonds. The van der Waals surface area contributed by atoms with E-state index in [2.05, 4.69) is 36.1 Å². The van der Waals surface area contributed by atoms with E-state index in [0.717, 1.165) is 57.3 Å². The van der Waals surface area contributed by atoms with Crippen LogP contribution >= 0.6 is 12.2 Å². The zero-order valence-corrected chi connectivity index (χ0v) is 13.2. The molecule has 5 heteroatoms. The molecule has 0 aliphatic carbocycles. The van der Waals surface area contributed by atoms with E-state index in [9.17, 15) is 0 Å². The molecule has 0 aromatic rings. The lowest BCUT2D eigenvalue weighted by molar-refractivity contribution is 0.145. The molecule has 0 aliphatic heterocycles. The van der Waals surface area contributed by atoms with Crippen LogP contribution in [0.2, 0.25) is 0 Å². The molecule has 0 atom stereocenters. The largest absolute Gasteiger partial charge is 0.382 e. The van der Waals surface area contributed by atoms with Gasteiger partial charge in [-0.3, -0.25) is 0 Å². The minimum absolute atomic E-state index is 0.787. The Labute approximate surface area is 118 Å². The van der Waals surface area contributed by atoms with Gasteiger partial charge in [0, 0.05) is 39.4 Å². The van der Waals surface area contributed by atoms with Crippen molar-refractivity contribution in [1.82, 2.24) is 15.1 Å². The Hall–Kier alpha value is -0.390. The summed E-state index contributed by atoms with van der Waals surface area (Å²) in [7, 11) is 4.17. The molecule has 0 unspecified atom stereocenters. The smallest absolute Gasteiger partial charge is 0.168 e. The van der Waals surface area contributed by atoms with E-state index >= 15 is 0 Å². The van der Waals surface area contributed by atoms with E-state index in [0.29, 0.717) is 0 Å². The number of thiocarbonyl (C=S) groups is 1. The van der Waals surface area contributed by atoms with Crippen molar-refractivity contribution in [3.05, 3.63) is 0 Å². The van der Waals surface area contributed by atoms with Crippen molar-refractivity contribution in [3.63, 3.8) is 0 Å². The molecule has 1 N–H and O–H groups in total. The summed E-state index contributed by atoms with van der Waals surface area (Å²) in [6.07, 6.45) is 2.12. The molecule has 108 valence electrons. The molecule has 18 heavy (non-hydrogen) atoms. The van der Waals surface area contributed by atoms with Gasteiger partial charge in [0.25, 0.3) is 0 Å². The second kappa shape index (κ2) is 11.7. The van der Waals surface area contributed by atoms with E-state index < -0.39 is 0 Å². The fourth-order valence-electron chi connectivity index (χ4n) is 1.53. The van der Waals surface area contributed by atoms with E-state index in [1.807, 2.05) is 6.92 Å². The second-order valence-corrected chi connectivity index (χ2v) is 4.96. The van der Waals surface area contributed by atoms with Crippen LogP contribution in [0, 0.1) is 0 Å². The second-order valence-electron chi connectivity index (χ2n) is 4.57. The van der Waals surface area contributed by atoms with Crippen LogP contribution in [0.5, 0.6) is 0 Å². The summed E-state index contributed by atoms with van der Waals surface area (Å²) >= 11 is 5.43. The van der Waals surface area contributed by atoms with E-state index in [1.165, 1.54) is 0 Å². The Morgan fingerprint density at radius 3 is 2.44 bits per heavy atom. The molecule has 4 nitrogen and oxygen atoms in total. The lowest BCUT2D eigenvalue weighted by atomic mass is 10.4. The standard InChI is InChI=1S/C13H29N3OS/c1-5-9-16(11-10-15(3)4)13(18)14-8-7-12-17-6-2/h5-12H2,1-4H3,(H,14,18). The minimum Gasteiger partial charge on any atom is -0.382 e. The van der Waals surface area contributed by atoms with E-state index in [4.69, 9.17) is 17.0 Å². The van der Waals surface area contributed by atoms with Gasteiger partial charge in [-0.05, 0) is 46.1 Å². The topological polar surface area (TPSA) is 27.7 Å². The average molecular weight is 275 g/mol. The van der Waals surface area contributed by atoms with Gasteiger partial charge in [0.2, 0.25) is 0 Å². The van der Waals surface area contributed by atoms with Crippen molar-refractivity contribution < 1.29 is 4.74 Å². The molecular weight excluding hydrogens is 246 g/mol. The van der Waals surface area contributed by atoms with Crippen molar-refractivity contribution in [1.29, 1.82) is 0 Å². The SMILES string of the molecule is CCCN(CCN(C)C)C(=S)NCCCOCC. The van der Waals surface area contributed by atoms with Crippen LogP contribution in [0.4, 0.5) is 0 Å². The lowest BCUT2D eigenvalue weighted by Crippen LogP contribution is -2.43. The number of hydrogen-bond acceptors (Lipinski definition) is 3. The molecule has 0 spiro atoms. The third-order valence-electron chi connectivity index (χ3n) is 2.54. The van der Waals surface area contributed by atoms with Crippen molar-refractivity contribution in [2.45, 2.75) is 26.7 Å².